The summed E-state index contributed by atoms with van der Waals surface area (Å²) in [6.45, 7) is 0. The average Bonchev–Trinajstić information content (AvgIpc) is 3.17. The molecule has 0 aliphatic heterocycles. The summed E-state index contributed by atoms with van der Waals surface area (Å²) in [5.41, 5.74) is 0.347. The number of hydrogen-bond donors (Lipinski definition) is 2. The van der Waals surface area contributed by atoms with Crippen LogP contribution < -0.4 is 5.32 Å². The summed E-state index contributed by atoms with van der Waals surface area (Å²) in [7, 11) is 0. The normalized spacial score (nSPS) is 17.5. The number of amides is 1. The lowest BCUT2D eigenvalue weighted by Crippen LogP contribution is -2.32. The van der Waals surface area contributed by atoms with Crippen molar-refractivity contribution in [2.45, 2.75) is 31.7 Å². The van der Waals surface area contributed by atoms with Crippen molar-refractivity contribution in [2.24, 2.45) is 5.92 Å². The molecule has 5 nitrogen and oxygen atoms in total. The van der Waals surface area contributed by atoms with E-state index in [1.807, 2.05) is 6.07 Å². The van der Waals surface area contributed by atoms with Gasteiger partial charge in [0.25, 0.3) is 5.91 Å². The summed E-state index contributed by atoms with van der Waals surface area (Å²) in [5.74, 6) is 0.383. The summed E-state index contributed by atoms with van der Waals surface area (Å²) in [4.78, 5) is 13.4. The zero-order valence-electron chi connectivity index (χ0n) is 10.5. The van der Waals surface area contributed by atoms with Crippen LogP contribution >= 0.6 is 11.3 Å². The Labute approximate surface area is 115 Å². The molecule has 0 spiro atoms. The Morgan fingerprint density at radius 1 is 1.47 bits per heavy atom. The standard InChI is InChI=1S/C13H16N4OS/c18-13(10-8-14-17-16-10)15-12(9-4-1-2-5-9)11-6-3-7-19-11/h3,6-9,12H,1-2,4-5H2,(H,15,18)(H,14,16,17). The fourth-order valence-corrected chi connectivity index (χ4v) is 3.58. The zero-order valence-corrected chi connectivity index (χ0v) is 11.3. The van der Waals surface area contributed by atoms with Crippen molar-refractivity contribution in [2.75, 3.05) is 0 Å². The molecule has 0 bridgehead atoms. The Bertz CT molecular complexity index is 517. The summed E-state index contributed by atoms with van der Waals surface area (Å²) in [6, 6.07) is 4.23. The van der Waals surface area contributed by atoms with Crippen LogP contribution in [0.25, 0.3) is 0 Å². The maximum atomic E-state index is 12.1. The quantitative estimate of drug-likeness (QED) is 0.901. The molecule has 3 rings (SSSR count). The molecule has 0 radical (unpaired) electrons. The van der Waals surface area contributed by atoms with E-state index in [0.29, 0.717) is 11.6 Å². The SMILES string of the molecule is O=C(NC(c1cccs1)C1CCCC1)c1cn[nH]n1. The maximum absolute atomic E-state index is 12.1. The molecule has 2 aromatic heterocycles. The smallest absolute Gasteiger partial charge is 0.273 e. The van der Waals surface area contributed by atoms with Gasteiger partial charge in [0.1, 0.15) is 0 Å². The van der Waals surface area contributed by atoms with E-state index in [-0.39, 0.29) is 11.9 Å². The van der Waals surface area contributed by atoms with Crippen LogP contribution in [0.3, 0.4) is 0 Å². The number of thiophene rings is 1. The zero-order chi connectivity index (χ0) is 13.1. The number of carbonyl (C=O) groups excluding carboxylic acids is 1. The number of carbonyl (C=O) groups is 1. The van der Waals surface area contributed by atoms with Crippen molar-refractivity contribution in [1.82, 2.24) is 20.7 Å². The van der Waals surface area contributed by atoms with Crippen LogP contribution in [0.1, 0.15) is 47.1 Å². The van der Waals surface area contributed by atoms with E-state index in [1.54, 1.807) is 11.3 Å². The van der Waals surface area contributed by atoms with E-state index in [4.69, 9.17) is 0 Å². The minimum Gasteiger partial charge on any atom is -0.343 e. The van der Waals surface area contributed by atoms with Gasteiger partial charge < -0.3 is 5.32 Å². The van der Waals surface area contributed by atoms with Gasteiger partial charge in [0.2, 0.25) is 0 Å². The predicted octanol–water partition coefficient (Wildman–Crippen LogP) is 2.53. The van der Waals surface area contributed by atoms with Crippen molar-refractivity contribution in [3.63, 3.8) is 0 Å². The second-order valence-electron chi connectivity index (χ2n) is 4.87. The van der Waals surface area contributed by atoms with E-state index >= 15 is 0 Å². The molecule has 0 aromatic carbocycles. The van der Waals surface area contributed by atoms with Crippen molar-refractivity contribution >= 4 is 17.2 Å². The van der Waals surface area contributed by atoms with Gasteiger partial charge in [-0.3, -0.25) is 4.79 Å². The first-order chi connectivity index (χ1) is 9.34. The van der Waals surface area contributed by atoms with E-state index in [9.17, 15) is 4.79 Å². The Morgan fingerprint density at radius 3 is 2.95 bits per heavy atom. The number of H-pyrrole nitrogens is 1. The third-order valence-corrected chi connectivity index (χ3v) is 4.61. The molecule has 1 atom stereocenters. The fourth-order valence-electron chi connectivity index (χ4n) is 2.71. The number of aromatic amines is 1. The highest BCUT2D eigenvalue weighted by atomic mass is 32.1. The molecule has 1 aliphatic carbocycles. The Hall–Kier alpha value is -1.69. The van der Waals surface area contributed by atoms with E-state index in [2.05, 4.69) is 32.2 Å². The lowest BCUT2D eigenvalue weighted by Gasteiger charge is -2.23. The van der Waals surface area contributed by atoms with Crippen LogP contribution in [0.5, 0.6) is 0 Å². The second kappa shape index (κ2) is 5.52. The van der Waals surface area contributed by atoms with Gasteiger partial charge in [0.05, 0.1) is 12.2 Å². The van der Waals surface area contributed by atoms with Gasteiger partial charge in [-0.2, -0.15) is 15.4 Å². The first-order valence-corrected chi connectivity index (χ1v) is 7.42. The van der Waals surface area contributed by atoms with Crippen LogP contribution in [0.15, 0.2) is 23.7 Å². The molecule has 1 unspecified atom stereocenters. The fraction of sp³-hybridized carbons (Fsp3) is 0.462. The van der Waals surface area contributed by atoms with E-state index in [1.165, 1.54) is 36.8 Å². The van der Waals surface area contributed by atoms with Gasteiger partial charge in [-0.05, 0) is 30.2 Å². The van der Waals surface area contributed by atoms with Gasteiger partial charge in [0.15, 0.2) is 5.69 Å². The van der Waals surface area contributed by atoms with Gasteiger partial charge in [-0.25, -0.2) is 0 Å². The molecule has 1 amide bonds. The van der Waals surface area contributed by atoms with Gasteiger partial charge in [-0.15, -0.1) is 11.3 Å². The molecular weight excluding hydrogens is 260 g/mol. The van der Waals surface area contributed by atoms with E-state index in [0.717, 1.165) is 0 Å². The molecule has 6 heteroatoms. The summed E-state index contributed by atoms with van der Waals surface area (Å²) < 4.78 is 0. The summed E-state index contributed by atoms with van der Waals surface area (Å²) in [5, 5.41) is 15.1. The highest BCUT2D eigenvalue weighted by molar-refractivity contribution is 7.10. The highest BCUT2D eigenvalue weighted by Gasteiger charge is 2.29. The van der Waals surface area contributed by atoms with Crippen molar-refractivity contribution in [1.29, 1.82) is 0 Å². The third kappa shape index (κ3) is 2.68. The molecule has 2 aromatic rings. The number of nitrogens with one attached hydrogen (secondary N) is 2. The molecule has 0 saturated heterocycles. The Kier molecular flexibility index (Phi) is 3.59. The molecule has 19 heavy (non-hydrogen) atoms. The van der Waals surface area contributed by atoms with Crippen LogP contribution in [0, 0.1) is 5.92 Å². The predicted molar refractivity (Wildman–Crippen MR) is 72.9 cm³/mol. The Balaban J connectivity index is 1.77. The molecule has 1 aliphatic rings. The number of rotatable bonds is 4. The highest BCUT2D eigenvalue weighted by Crippen LogP contribution is 2.37. The monoisotopic (exact) mass is 276 g/mol. The summed E-state index contributed by atoms with van der Waals surface area (Å²) in [6.07, 6.45) is 6.33. The van der Waals surface area contributed by atoms with E-state index < -0.39 is 0 Å². The number of nitrogens with zero attached hydrogens (tertiary/aromatic N) is 2. The lowest BCUT2D eigenvalue weighted by atomic mass is 9.96. The average molecular weight is 276 g/mol. The minimum atomic E-state index is -0.154. The lowest BCUT2D eigenvalue weighted by molar-refractivity contribution is 0.0917. The first-order valence-electron chi connectivity index (χ1n) is 6.54. The molecule has 2 N–H and O–H groups in total. The van der Waals surface area contributed by atoms with Crippen molar-refractivity contribution in [3.05, 3.63) is 34.3 Å². The van der Waals surface area contributed by atoms with Crippen molar-refractivity contribution < 1.29 is 4.79 Å². The Morgan fingerprint density at radius 2 is 2.32 bits per heavy atom. The first kappa shape index (κ1) is 12.3. The second-order valence-corrected chi connectivity index (χ2v) is 5.85. The molecule has 2 heterocycles. The largest absolute Gasteiger partial charge is 0.343 e. The molecule has 1 fully saturated rings. The number of aromatic nitrogens is 3. The van der Waals surface area contributed by atoms with Crippen LogP contribution in [-0.2, 0) is 0 Å². The van der Waals surface area contributed by atoms with Gasteiger partial charge >= 0.3 is 0 Å². The van der Waals surface area contributed by atoms with Crippen molar-refractivity contribution in [3.8, 4) is 0 Å². The van der Waals surface area contributed by atoms with Crippen LogP contribution in [0.2, 0.25) is 0 Å². The number of hydrogen-bond acceptors (Lipinski definition) is 4. The van der Waals surface area contributed by atoms with Gasteiger partial charge in [0, 0.05) is 4.88 Å². The topological polar surface area (TPSA) is 70.7 Å². The minimum absolute atomic E-state index is 0.103. The summed E-state index contributed by atoms with van der Waals surface area (Å²) >= 11 is 1.70. The molecule has 100 valence electrons. The third-order valence-electron chi connectivity index (χ3n) is 3.66. The molecular formula is C13H16N4OS. The van der Waals surface area contributed by atoms with Gasteiger partial charge in [-0.1, -0.05) is 18.9 Å². The maximum Gasteiger partial charge on any atom is 0.273 e. The van der Waals surface area contributed by atoms with Crippen LogP contribution in [0.4, 0.5) is 0 Å². The molecule has 1 saturated carbocycles. The van der Waals surface area contributed by atoms with Crippen LogP contribution in [-0.4, -0.2) is 21.3 Å².